The minimum atomic E-state index is -0.917. The zero-order valence-electron chi connectivity index (χ0n) is 34.2. The molecule has 1 heterocycles. The van der Waals surface area contributed by atoms with Crippen LogP contribution in [-0.2, 0) is 47.8 Å². The molecule has 0 spiro atoms. The van der Waals surface area contributed by atoms with Crippen LogP contribution in [-0.4, -0.2) is 125 Å². The molecule has 6 amide bonds. The van der Waals surface area contributed by atoms with Crippen LogP contribution < -0.4 is 16.4 Å². The highest BCUT2D eigenvalue weighted by Gasteiger charge is 2.33. The number of carbonyl (C=O) groups excluding carboxylic acids is 8. The van der Waals surface area contributed by atoms with Crippen LogP contribution in [0.1, 0.15) is 127 Å². The first kappa shape index (κ1) is 48.5. The number of hydrogen-bond acceptors (Lipinski definition) is 13. The molecule has 18 heteroatoms. The molecule has 314 valence electrons. The van der Waals surface area contributed by atoms with E-state index in [1.54, 1.807) is 67.2 Å². The number of rotatable bonds is 21. The quantitative estimate of drug-likeness (QED) is 0.0658. The number of nitrogens with zero attached hydrogens (tertiary/aromatic N) is 3. The van der Waals surface area contributed by atoms with Crippen LogP contribution in [0.25, 0.3) is 0 Å². The summed E-state index contributed by atoms with van der Waals surface area (Å²) in [5.41, 5.74) is 3.73. The van der Waals surface area contributed by atoms with Crippen molar-refractivity contribution in [2.75, 3.05) is 39.3 Å². The summed E-state index contributed by atoms with van der Waals surface area (Å²) >= 11 is 0. The van der Waals surface area contributed by atoms with E-state index in [4.69, 9.17) is 24.8 Å². The van der Waals surface area contributed by atoms with Crippen LogP contribution in [0.2, 0.25) is 0 Å². The van der Waals surface area contributed by atoms with Crippen LogP contribution in [0.4, 0.5) is 9.59 Å². The van der Waals surface area contributed by atoms with Gasteiger partial charge in [-0.2, -0.15) is 0 Å². The fraction of sp³-hybridized carbons (Fsp3) is 0.784. The van der Waals surface area contributed by atoms with E-state index in [0.717, 1.165) is 0 Å². The second kappa shape index (κ2) is 22.8. The Morgan fingerprint density at radius 2 is 1.04 bits per heavy atom. The third kappa shape index (κ3) is 22.5. The largest absolute Gasteiger partial charge is 0.459 e. The minimum Gasteiger partial charge on any atom is -0.459 e. The average Bonchev–Trinajstić information content (AvgIpc) is 3.35. The van der Waals surface area contributed by atoms with E-state index >= 15 is 0 Å². The summed E-state index contributed by atoms with van der Waals surface area (Å²) in [6.07, 6.45) is 0.410. The van der Waals surface area contributed by atoms with Gasteiger partial charge in [-0.05, 0) is 94.4 Å². The molecule has 55 heavy (non-hydrogen) atoms. The van der Waals surface area contributed by atoms with Crippen LogP contribution in [0, 0.1) is 0 Å². The lowest BCUT2D eigenvalue weighted by Gasteiger charge is -2.29. The van der Waals surface area contributed by atoms with Gasteiger partial charge in [0.25, 0.3) is 11.8 Å². The van der Waals surface area contributed by atoms with Crippen molar-refractivity contribution in [1.29, 1.82) is 0 Å². The second-order valence-corrected chi connectivity index (χ2v) is 16.3. The number of ether oxygens (including phenoxy) is 3. The number of amides is 6. The van der Waals surface area contributed by atoms with Gasteiger partial charge in [-0.3, -0.25) is 24.0 Å². The molecule has 18 nitrogen and oxygen atoms in total. The van der Waals surface area contributed by atoms with Gasteiger partial charge in [-0.1, -0.05) is 0 Å². The predicted octanol–water partition coefficient (Wildman–Crippen LogP) is 3.09. The number of esters is 1. The monoisotopic (exact) mass is 784 g/mol. The molecule has 0 saturated carbocycles. The summed E-state index contributed by atoms with van der Waals surface area (Å²) in [6, 6.07) is -0.917. The molecule has 0 aromatic carbocycles. The maximum Gasteiger partial charge on any atom is 0.410 e. The van der Waals surface area contributed by atoms with Crippen LogP contribution >= 0.6 is 0 Å². The summed E-state index contributed by atoms with van der Waals surface area (Å²) in [4.78, 5) is 106. The van der Waals surface area contributed by atoms with E-state index in [9.17, 15) is 38.4 Å². The van der Waals surface area contributed by atoms with Crippen molar-refractivity contribution < 1.29 is 57.4 Å². The molecule has 1 aliphatic heterocycles. The van der Waals surface area contributed by atoms with E-state index < -0.39 is 64.7 Å². The summed E-state index contributed by atoms with van der Waals surface area (Å²) < 4.78 is 16.4. The highest BCUT2D eigenvalue weighted by molar-refractivity contribution is 6.01. The highest BCUT2D eigenvalue weighted by Crippen LogP contribution is 2.15. The molecule has 1 fully saturated rings. The second-order valence-electron chi connectivity index (χ2n) is 16.3. The summed E-state index contributed by atoms with van der Waals surface area (Å²) in [5.74, 6) is -3.37. The smallest absolute Gasteiger partial charge is 0.410 e. The molecular formula is C37H64N6O12. The van der Waals surface area contributed by atoms with Gasteiger partial charge in [0.15, 0.2) is 0 Å². The Bertz CT molecular complexity index is 1320. The molecule has 1 rings (SSSR count). The lowest BCUT2D eigenvalue weighted by atomic mass is 10.1. The van der Waals surface area contributed by atoms with Crippen LogP contribution in [0.3, 0.4) is 0 Å². The number of carbonyl (C=O) groups is 8. The van der Waals surface area contributed by atoms with Gasteiger partial charge >= 0.3 is 24.1 Å². The zero-order chi connectivity index (χ0) is 42.0. The normalized spacial score (nSPS) is 13.8. The lowest BCUT2D eigenvalue weighted by Crippen LogP contribution is -2.40. The van der Waals surface area contributed by atoms with Gasteiger partial charge < -0.3 is 45.2 Å². The van der Waals surface area contributed by atoms with Crippen molar-refractivity contribution in [2.45, 2.75) is 149 Å². The number of hydrogen-bond donors (Lipinski definition) is 3. The third-order valence-corrected chi connectivity index (χ3v) is 7.41. The Balaban J connectivity index is 2.61. The van der Waals surface area contributed by atoms with Crippen molar-refractivity contribution >= 4 is 47.8 Å². The summed E-state index contributed by atoms with van der Waals surface area (Å²) in [6.45, 7) is 17.5. The number of nitrogens with two attached hydrogens (primary N) is 1. The van der Waals surface area contributed by atoms with Gasteiger partial charge in [0.05, 0.1) is 6.42 Å². The molecule has 0 aromatic rings. The third-order valence-electron chi connectivity index (χ3n) is 7.41. The first-order valence-corrected chi connectivity index (χ1v) is 18.9. The fourth-order valence-corrected chi connectivity index (χ4v) is 4.82. The summed E-state index contributed by atoms with van der Waals surface area (Å²) in [7, 11) is 0. The van der Waals surface area contributed by atoms with Crippen molar-refractivity contribution in [3.8, 4) is 0 Å². The SMILES string of the molecule is CC(C)(C)OC(=O)[C@@H](N)CCC(=O)NCCCN(CCCCN(CCCNC(=O)CCC(=O)ON1C(=O)CCC1=O)C(=O)OC(C)(C)C)C(=O)OC(C)(C)C. The van der Waals surface area contributed by atoms with Gasteiger partial charge in [-0.15, -0.1) is 5.06 Å². The predicted molar refractivity (Wildman–Crippen MR) is 200 cm³/mol. The first-order chi connectivity index (χ1) is 25.4. The molecule has 0 bridgehead atoms. The van der Waals surface area contributed by atoms with Crippen molar-refractivity contribution in [1.82, 2.24) is 25.5 Å². The number of imide groups is 1. The molecular weight excluding hydrogens is 720 g/mol. The standard InChI is InChI=1S/C37H64N6O12/c1-35(2,3)52-32(49)26(38)14-15-27(44)39-20-12-24-41(33(50)53-36(4,5)6)22-10-11-23-42(34(51)54-37(7,8)9)25-13-21-40-28(45)16-19-31(48)55-43-29(46)17-18-30(43)47/h26H,10-25,38H2,1-9H3,(H,39,44)(H,40,45)/t26-/m0/s1. The molecule has 0 aromatic heterocycles. The molecule has 0 aliphatic carbocycles. The lowest BCUT2D eigenvalue weighted by molar-refractivity contribution is -0.197. The maximum atomic E-state index is 13.0. The molecule has 4 N–H and O–H groups in total. The van der Waals surface area contributed by atoms with Crippen molar-refractivity contribution in [2.24, 2.45) is 5.73 Å². The average molecular weight is 785 g/mol. The van der Waals surface area contributed by atoms with E-state index in [0.29, 0.717) is 50.4 Å². The summed E-state index contributed by atoms with van der Waals surface area (Å²) in [5, 5.41) is 5.90. The van der Waals surface area contributed by atoms with Crippen molar-refractivity contribution in [3.05, 3.63) is 0 Å². The number of hydroxylamine groups is 2. The molecule has 1 saturated heterocycles. The Kier molecular flexibility index (Phi) is 20.1. The molecule has 0 radical (unpaired) electrons. The van der Waals surface area contributed by atoms with Crippen LogP contribution in [0.15, 0.2) is 0 Å². The number of unbranched alkanes of at least 4 members (excludes halogenated alkanes) is 1. The maximum absolute atomic E-state index is 13.0. The topological polar surface area (TPSA) is 233 Å². The van der Waals surface area contributed by atoms with Gasteiger partial charge in [0.1, 0.15) is 22.8 Å². The van der Waals surface area contributed by atoms with Gasteiger partial charge in [0.2, 0.25) is 11.8 Å². The Morgan fingerprint density at radius 1 is 0.636 bits per heavy atom. The minimum absolute atomic E-state index is 0.0288. The zero-order valence-corrected chi connectivity index (χ0v) is 34.2. The first-order valence-electron chi connectivity index (χ1n) is 18.9. The van der Waals surface area contributed by atoms with E-state index in [1.807, 2.05) is 0 Å². The van der Waals surface area contributed by atoms with Gasteiger partial charge in [0, 0.05) is 65.0 Å². The van der Waals surface area contributed by atoms with E-state index in [2.05, 4.69) is 10.6 Å². The van der Waals surface area contributed by atoms with Crippen molar-refractivity contribution in [3.63, 3.8) is 0 Å². The molecule has 1 atom stereocenters. The Morgan fingerprint density at radius 3 is 1.45 bits per heavy atom. The van der Waals surface area contributed by atoms with E-state index in [-0.39, 0.29) is 64.1 Å². The van der Waals surface area contributed by atoms with Gasteiger partial charge in [-0.25, -0.2) is 14.4 Å². The van der Waals surface area contributed by atoms with E-state index in [1.165, 1.54) is 4.90 Å². The number of nitrogens with one attached hydrogen (secondary N) is 2. The Labute approximate surface area is 324 Å². The Hall–Kier alpha value is -4.48. The molecule has 1 aliphatic rings. The highest BCUT2D eigenvalue weighted by atomic mass is 16.7. The fourth-order valence-electron chi connectivity index (χ4n) is 4.82. The van der Waals surface area contributed by atoms with Crippen LogP contribution in [0.5, 0.6) is 0 Å². The molecule has 0 unspecified atom stereocenters.